The van der Waals surface area contributed by atoms with Crippen LogP contribution in [0, 0.1) is 11.3 Å². The summed E-state index contributed by atoms with van der Waals surface area (Å²) < 4.78 is 14.5. The minimum Gasteiger partial charge on any atom is -0.506 e. The summed E-state index contributed by atoms with van der Waals surface area (Å²) in [6, 6.07) is 7.64. The minimum atomic E-state index is 0.305. The first-order valence-electron chi connectivity index (χ1n) is 3.48. The zero-order valence-electron chi connectivity index (χ0n) is 6.50. The second-order valence-electron chi connectivity index (χ2n) is 2.22. The summed E-state index contributed by atoms with van der Waals surface area (Å²) in [5.74, 6) is 0. The molecular weight excluding hydrogens is 176 g/mol. The summed E-state index contributed by atoms with van der Waals surface area (Å²) in [5.41, 5.74) is 1.97. The predicted octanol–water partition coefficient (Wildman–Crippen LogP) is 1.12. The van der Waals surface area contributed by atoms with Crippen LogP contribution in [-0.2, 0) is 10.9 Å². The van der Waals surface area contributed by atoms with Gasteiger partial charge in [0.15, 0.2) is 0 Å². The van der Waals surface area contributed by atoms with Crippen molar-refractivity contribution in [2.45, 2.75) is 6.61 Å². The highest BCUT2D eigenvalue weighted by Gasteiger charge is 2.00. The van der Waals surface area contributed by atoms with E-state index in [-0.39, 0.29) is 0 Å². The molecule has 0 spiro atoms. The van der Waals surface area contributed by atoms with Gasteiger partial charge >= 0.3 is 11.3 Å². The molecule has 0 aliphatic rings. The van der Waals surface area contributed by atoms with E-state index in [4.69, 9.17) is 0 Å². The Hall–Kier alpha value is -0.830. The van der Waals surface area contributed by atoms with Gasteiger partial charge in [-0.1, -0.05) is 41.2 Å². The first-order valence-corrected chi connectivity index (χ1v) is 4.09. The lowest BCUT2D eigenvalue weighted by molar-refractivity contribution is -1.27. The van der Waals surface area contributed by atoms with Gasteiger partial charge in [0.05, 0.1) is 0 Å². The van der Waals surface area contributed by atoms with Crippen LogP contribution in [0.4, 0.5) is 0 Å². The Kier molecular flexibility index (Phi) is 3.80. The van der Waals surface area contributed by atoms with Crippen LogP contribution in [0.5, 0.6) is 0 Å². The van der Waals surface area contributed by atoms with Crippen LogP contribution < -0.4 is 4.66 Å². The number of benzene rings is 1. The molecule has 0 amide bonds. The zero-order chi connectivity index (χ0) is 8.81. The first-order chi connectivity index (χ1) is 5.88. The van der Waals surface area contributed by atoms with Crippen molar-refractivity contribution in [1.82, 2.24) is 0 Å². The number of rotatable bonds is 4. The summed E-state index contributed by atoms with van der Waals surface area (Å²) in [7, 11) is 0. The molecule has 0 heterocycles. The lowest BCUT2D eigenvalue weighted by Crippen LogP contribution is -2.04. The van der Waals surface area contributed by atoms with Crippen LogP contribution in [-0.4, -0.2) is 0 Å². The Morgan fingerprint density at radius 2 is 2.25 bits per heavy atom. The Morgan fingerprint density at radius 1 is 1.50 bits per heavy atom. The van der Waals surface area contributed by atoms with Gasteiger partial charge in [0.2, 0.25) is 0 Å². The average Bonchev–Trinajstić information content (AvgIpc) is 2.15. The smallest absolute Gasteiger partial charge is 0.331 e. The summed E-state index contributed by atoms with van der Waals surface area (Å²) >= 11 is 0.549. The van der Waals surface area contributed by atoms with E-state index in [1.807, 2.05) is 24.3 Å². The van der Waals surface area contributed by atoms with Crippen LogP contribution >= 0.6 is 0 Å². The Morgan fingerprint density at radius 3 is 2.92 bits per heavy atom. The van der Waals surface area contributed by atoms with Crippen LogP contribution in [0.3, 0.4) is 0 Å². The van der Waals surface area contributed by atoms with Crippen molar-refractivity contribution in [3.8, 4) is 0 Å². The third-order valence-corrected chi connectivity index (χ3v) is 1.73. The second kappa shape index (κ2) is 4.93. The molecule has 0 unspecified atom stereocenters. The molecular formula is C9H9ClO2. The van der Waals surface area contributed by atoms with Crippen molar-refractivity contribution >= 4 is 6.08 Å². The quantitative estimate of drug-likeness (QED) is 0.703. The van der Waals surface area contributed by atoms with E-state index in [1.54, 1.807) is 6.08 Å². The van der Waals surface area contributed by atoms with Crippen molar-refractivity contribution in [2.24, 2.45) is 0 Å². The first kappa shape index (κ1) is 9.26. The molecule has 0 bridgehead atoms. The van der Waals surface area contributed by atoms with Crippen LogP contribution in [0.2, 0.25) is 0 Å². The second-order valence-corrected chi connectivity index (χ2v) is 2.56. The highest BCUT2D eigenvalue weighted by atomic mass is 35.6. The molecule has 0 aromatic heterocycles. The van der Waals surface area contributed by atoms with Gasteiger partial charge < -0.3 is 4.66 Å². The summed E-state index contributed by atoms with van der Waals surface area (Å²) in [6.45, 7) is 3.96. The summed E-state index contributed by atoms with van der Waals surface area (Å²) in [5, 5.41) is 0. The Bertz CT molecular complexity index is 260. The predicted molar refractivity (Wildman–Crippen MR) is 41.3 cm³/mol. The van der Waals surface area contributed by atoms with E-state index in [1.165, 1.54) is 0 Å². The fourth-order valence-electron chi connectivity index (χ4n) is 0.946. The van der Waals surface area contributed by atoms with Gasteiger partial charge in [-0.15, -0.1) is 0 Å². The van der Waals surface area contributed by atoms with Gasteiger partial charge in [-0.3, -0.25) is 0 Å². The molecule has 64 valence electrons. The molecule has 3 heteroatoms. The van der Waals surface area contributed by atoms with Gasteiger partial charge in [0.1, 0.15) is 6.61 Å². The van der Waals surface area contributed by atoms with Crippen LogP contribution in [0.25, 0.3) is 6.08 Å². The molecule has 0 aliphatic carbocycles. The standard InChI is InChI=1S/C9H9ClO2/c1-2-8-5-3-4-6-9(8)7-12-10-11/h2-6H,1,7H2. The van der Waals surface area contributed by atoms with Crippen molar-refractivity contribution in [3.63, 3.8) is 0 Å². The lowest BCUT2D eigenvalue weighted by Gasteiger charge is -1.99. The third kappa shape index (κ3) is 2.34. The maximum Gasteiger partial charge on any atom is 0.331 e. The molecule has 0 fully saturated rings. The van der Waals surface area contributed by atoms with Crippen LogP contribution in [0.15, 0.2) is 30.8 Å². The lowest BCUT2D eigenvalue weighted by atomic mass is 10.1. The van der Waals surface area contributed by atoms with Gasteiger partial charge in [-0.05, 0) is 11.1 Å². The topological polar surface area (TPSA) is 32.3 Å². The van der Waals surface area contributed by atoms with Gasteiger partial charge in [-0.25, -0.2) is 0 Å². The maximum absolute atomic E-state index is 9.92. The largest absolute Gasteiger partial charge is 0.506 e. The molecule has 1 aromatic rings. The van der Waals surface area contributed by atoms with Gasteiger partial charge in [0.25, 0.3) is 0 Å². The normalized spacial score (nSPS) is 9.75. The Balaban J connectivity index is 2.75. The summed E-state index contributed by atoms with van der Waals surface area (Å²) in [4.78, 5) is 0. The Labute approximate surface area is 75.5 Å². The molecule has 1 rings (SSSR count). The van der Waals surface area contributed by atoms with Crippen LogP contribution in [0.1, 0.15) is 11.1 Å². The van der Waals surface area contributed by atoms with E-state index >= 15 is 0 Å². The number of halogens is 1. The minimum absolute atomic E-state index is 0.305. The molecule has 12 heavy (non-hydrogen) atoms. The van der Waals surface area contributed by atoms with E-state index in [0.717, 1.165) is 11.1 Å². The maximum atomic E-state index is 9.92. The van der Waals surface area contributed by atoms with E-state index in [2.05, 4.69) is 10.9 Å². The average molecular weight is 185 g/mol. The highest BCUT2D eigenvalue weighted by Crippen LogP contribution is 2.10. The van der Waals surface area contributed by atoms with Gasteiger partial charge in [0, 0.05) is 0 Å². The zero-order valence-corrected chi connectivity index (χ0v) is 7.25. The molecule has 0 N–H and O–H groups in total. The SMILES string of the molecule is C=Cc1ccccc1CO[Cl+][O-]. The van der Waals surface area contributed by atoms with Crippen molar-refractivity contribution < 1.29 is 20.3 Å². The van der Waals surface area contributed by atoms with Gasteiger partial charge in [-0.2, -0.15) is 0 Å². The third-order valence-electron chi connectivity index (χ3n) is 1.53. The molecule has 0 atom stereocenters. The van der Waals surface area contributed by atoms with E-state index in [0.29, 0.717) is 17.9 Å². The monoisotopic (exact) mass is 184 g/mol. The fraction of sp³-hybridized carbons (Fsp3) is 0.111. The molecule has 0 saturated carbocycles. The summed E-state index contributed by atoms with van der Waals surface area (Å²) in [6.07, 6.45) is 1.74. The molecule has 0 radical (unpaired) electrons. The fourth-order valence-corrected chi connectivity index (χ4v) is 1.11. The van der Waals surface area contributed by atoms with Crippen molar-refractivity contribution in [3.05, 3.63) is 42.0 Å². The van der Waals surface area contributed by atoms with E-state index < -0.39 is 0 Å². The van der Waals surface area contributed by atoms with Crippen molar-refractivity contribution in [1.29, 1.82) is 0 Å². The molecule has 0 aliphatic heterocycles. The molecule has 2 nitrogen and oxygen atoms in total. The number of hydrogen-bond donors (Lipinski definition) is 0. The van der Waals surface area contributed by atoms with Crippen molar-refractivity contribution in [2.75, 3.05) is 0 Å². The number of hydrogen-bond acceptors (Lipinski definition) is 2. The molecule has 0 saturated heterocycles. The molecule has 1 aromatic carbocycles. The van der Waals surface area contributed by atoms with E-state index in [9.17, 15) is 4.66 Å². The highest BCUT2D eigenvalue weighted by molar-refractivity contribution is 5.51.